The first-order valence-corrected chi connectivity index (χ1v) is 5.58. The van der Waals surface area contributed by atoms with Crippen molar-refractivity contribution < 1.29 is 9.53 Å². The van der Waals surface area contributed by atoms with Gasteiger partial charge in [0.05, 0.1) is 10.3 Å². The molecule has 0 amide bonds. The topological polar surface area (TPSA) is 26.3 Å². The molecule has 15 heavy (non-hydrogen) atoms. The van der Waals surface area contributed by atoms with E-state index in [9.17, 15) is 4.79 Å². The molecular formula is C12H14O2S. The fraction of sp³-hybridized carbons (Fsp3) is 0.417. The van der Waals surface area contributed by atoms with E-state index in [0.717, 1.165) is 4.88 Å². The zero-order valence-corrected chi connectivity index (χ0v) is 9.98. The monoisotopic (exact) mass is 222 g/mol. The van der Waals surface area contributed by atoms with Crippen LogP contribution >= 0.6 is 11.3 Å². The molecule has 0 fully saturated rings. The Kier molecular flexibility index (Phi) is 3.93. The number of rotatable bonds is 1. The molecule has 1 aromatic rings. The lowest BCUT2D eigenvalue weighted by Crippen LogP contribution is -2.22. The van der Waals surface area contributed by atoms with Gasteiger partial charge in [-0.15, -0.1) is 11.3 Å². The summed E-state index contributed by atoms with van der Waals surface area (Å²) in [5.74, 6) is 5.51. The second-order valence-electron chi connectivity index (χ2n) is 4.11. The third kappa shape index (κ3) is 4.18. The van der Waals surface area contributed by atoms with Crippen molar-refractivity contribution in [3.05, 3.63) is 22.4 Å². The number of hydrogen-bond acceptors (Lipinski definition) is 3. The van der Waals surface area contributed by atoms with Gasteiger partial charge in [-0.2, -0.15) is 0 Å². The second-order valence-corrected chi connectivity index (χ2v) is 5.05. The fourth-order valence-electron chi connectivity index (χ4n) is 0.791. The number of hydrogen-bond donors (Lipinski definition) is 0. The van der Waals surface area contributed by atoms with E-state index in [1.54, 1.807) is 11.3 Å². The molecule has 0 spiro atoms. The van der Waals surface area contributed by atoms with Gasteiger partial charge in [0.25, 0.3) is 0 Å². The van der Waals surface area contributed by atoms with Crippen LogP contribution in [0.2, 0.25) is 0 Å². The van der Waals surface area contributed by atoms with Gasteiger partial charge in [0.2, 0.25) is 0 Å². The molecule has 2 nitrogen and oxygen atoms in total. The van der Waals surface area contributed by atoms with E-state index >= 15 is 0 Å². The Morgan fingerprint density at radius 2 is 2.27 bits per heavy atom. The molecule has 3 heteroatoms. The van der Waals surface area contributed by atoms with Crippen molar-refractivity contribution >= 4 is 17.3 Å². The van der Waals surface area contributed by atoms with Crippen LogP contribution in [0.25, 0.3) is 0 Å². The Morgan fingerprint density at radius 3 is 2.80 bits per heavy atom. The maximum atomic E-state index is 11.3. The van der Waals surface area contributed by atoms with Gasteiger partial charge >= 0.3 is 5.97 Å². The zero-order valence-electron chi connectivity index (χ0n) is 9.16. The van der Waals surface area contributed by atoms with Crippen LogP contribution in [0.15, 0.2) is 17.5 Å². The summed E-state index contributed by atoms with van der Waals surface area (Å²) < 4.78 is 5.00. The van der Waals surface area contributed by atoms with Crippen LogP contribution in [0.4, 0.5) is 0 Å². The Balaban J connectivity index is 2.37. The number of carbonyl (C=O) groups excluding carboxylic acids is 1. The highest BCUT2D eigenvalue weighted by Gasteiger charge is 2.22. The molecular weight excluding hydrogens is 208 g/mol. The van der Waals surface area contributed by atoms with Crippen LogP contribution in [-0.2, 0) is 9.53 Å². The summed E-state index contributed by atoms with van der Waals surface area (Å²) in [5, 5.41) is 1.96. The molecule has 0 saturated carbocycles. The Morgan fingerprint density at radius 1 is 1.53 bits per heavy atom. The predicted octanol–water partition coefficient (Wildman–Crippen LogP) is 2.69. The van der Waals surface area contributed by atoms with E-state index in [1.165, 1.54) is 0 Å². The van der Waals surface area contributed by atoms with Gasteiger partial charge in [0, 0.05) is 0 Å². The molecule has 0 atom stereocenters. The van der Waals surface area contributed by atoms with Gasteiger partial charge in [-0.3, -0.25) is 4.79 Å². The van der Waals surface area contributed by atoms with E-state index in [1.807, 2.05) is 38.3 Å². The molecule has 0 aliphatic rings. The molecule has 0 aromatic carbocycles. The van der Waals surface area contributed by atoms with Crippen molar-refractivity contribution in [3.8, 4) is 11.8 Å². The standard InChI is InChI=1S/C12H14O2S/c1-12(2,3)11(13)14-8-4-6-10-7-5-9-15-10/h5,7,9H,8H2,1-3H3. The molecule has 0 bridgehead atoms. The fourth-order valence-corrected chi connectivity index (χ4v) is 1.38. The SMILES string of the molecule is CC(C)(C)C(=O)OCC#Cc1cccs1. The summed E-state index contributed by atoms with van der Waals surface area (Å²) in [7, 11) is 0. The Bertz CT molecular complexity index is 374. The van der Waals surface area contributed by atoms with Gasteiger partial charge in [-0.1, -0.05) is 17.9 Å². The van der Waals surface area contributed by atoms with Crippen molar-refractivity contribution in [1.82, 2.24) is 0 Å². The quantitative estimate of drug-likeness (QED) is 0.539. The van der Waals surface area contributed by atoms with Crippen LogP contribution in [0, 0.1) is 17.3 Å². The first-order chi connectivity index (χ1) is 7.00. The van der Waals surface area contributed by atoms with Crippen molar-refractivity contribution in [2.75, 3.05) is 6.61 Å². The molecule has 80 valence electrons. The zero-order chi connectivity index (χ0) is 11.3. The lowest BCUT2D eigenvalue weighted by atomic mass is 9.97. The molecule has 1 heterocycles. The van der Waals surface area contributed by atoms with E-state index in [0.29, 0.717) is 0 Å². The normalized spacial score (nSPS) is 10.3. The minimum Gasteiger partial charge on any atom is -0.452 e. The van der Waals surface area contributed by atoms with Crippen molar-refractivity contribution in [1.29, 1.82) is 0 Å². The van der Waals surface area contributed by atoms with E-state index in [-0.39, 0.29) is 12.6 Å². The Hall–Kier alpha value is -1.27. The van der Waals surface area contributed by atoms with E-state index in [2.05, 4.69) is 11.8 Å². The largest absolute Gasteiger partial charge is 0.452 e. The van der Waals surface area contributed by atoms with Crippen LogP contribution < -0.4 is 0 Å². The first kappa shape index (κ1) is 11.8. The minimum atomic E-state index is -0.454. The molecule has 0 radical (unpaired) electrons. The molecule has 0 N–H and O–H groups in total. The highest BCUT2D eigenvalue weighted by molar-refractivity contribution is 7.10. The first-order valence-electron chi connectivity index (χ1n) is 4.70. The van der Waals surface area contributed by atoms with Gasteiger partial charge in [-0.05, 0) is 32.2 Å². The summed E-state index contributed by atoms with van der Waals surface area (Å²) in [6, 6.07) is 3.87. The van der Waals surface area contributed by atoms with Crippen LogP contribution in [0.1, 0.15) is 25.6 Å². The molecule has 1 aromatic heterocycles. The molecule has 0 aliphatic carbocycles. The summed E-state index contributed by atoms with van der Waals surface area (Å²) in [6.07, 6.45) is 0. The van der Waals surface area contributed by atoms with Gasteiger partial charge in [0.1, 0.15) is 0 Å². The third-order valence-corrected chi connectivity index (χ3v) is 2.41. The van der Waals surface area contributed by atoms with E-state index in [4.69, 9.17) is 4.74 Å². The summed E-state index contributed by atoms with van der Waals surface area (Å²) >= 11 is 1.57. The Labute approximate surface area is 94.3 Å². The van der Waals surface area contributed by atoms with Gasteiger partial charge in [0.15, 0.2) is 6.61 Å². The van der Waals surface area contributed by atoms with Crippen LogP contribution in [-0.4, -0.2) is 12.6 Å². The smallest absolute Gasteiger partial charge is 0.312 e. The number of carbonyl (C=O) groups is 1. The average Bonchev–Trinajstić information content (AvgIpc) is 2.63. The number of esters is 1. The molecule has 0 saturated heterocycles. The predicted molar refractivity (Wildman–Crippen MR) is 61.6 cm³/mol. The number of thiophene rings is 1. The van der Waals surface area contributed by atoms with Gasteiger partial charge in [-0.25, -0.2) is 0 Å². The molecule has 0 aliphatic heterocycles. The lowest BCUT2D eigenvalue weighted by Gasteiger charge is -2.14. The van der Waals surface area contributed by atoms with Crippen molar-refractivity contribution in [2.45, 2.75) is 20.8 Å². The summed E-state index contributed by atoms with van der Waals surface area (Å²) in [4.78, 5) is 12.3. The maximum Gasteiger partial charge on any atom is 0.312 e. The summed E-state index contributed by atoms with van der Waals surface area (Å²) in [5.41, 5.74) is -0.454. The maximum absolute atomic E-state index is 11.3. The summed E-state index contributed by atoms with van der Waals surface area (Å²) in [6.45, 7) is 5.63. The van der Waals surface area contributed by atoms with Crippen LogP contribution in [0.3, 0.4) is 0 Å². The molecule has 0 unspecified atom stereocenters. The second kappa shape index (κ2) is 4.99. The van der Waals surface area contributed by atoms with Crippen LogP contribution in [0.5, 0.6) is 0 Å². The average molecular weight is 222 g/mol. The molecule has 1 rings (SSSR count). The third-order valence-electron chi connectivity index (χ3n) is 1.62. The van der Waals surface area contributed by atoms with Crippen molar-refractivity contribution in [3.63, 3.8) is 0 Å². The minimum absolute atomic E-state index is 0.161. The number of ether oxygens (including phenoxy) is 1. The highest BCUT2D eigenvalue weighted by atomic mass is 32.1. The highest BCUT2D eigenvalue weighted by Crippen LogP contribution is 2.14. The van der Waals surface area contributed by atoms with Gasteiger partial charge < -0.3 is 4.74 Å². The lowest BCUT2D eigenvalue weighted by molar-refractivity contribution is -0.151. The van der Waals surface area contributed by atoms with Crippen molar-refractivity contribution in [2.24, 2.45) is 5.41 Å². The van der Waals surface area contributed by atoms with E-state index < -0.39 is 5.41 Å².